The molecule has 1 rings (SSSR count). The second-order valence-electron chi connectivity index (χ2n) is 8.30. The second-order valence-corrected chi connectivity index (χ2v) is 11.0. The van der Waals surface area contributed by atoms with Crippen LogP contribution in [0.15, 0.2) is 4.99 Å². The highest BCUT2D eigenvalue weighted by Crippen LogP contribution is 2.23. The molecule has 0 unspecified atom stereocenters. The van der Waals surface area contributed by atoms with Gasteiger partial charge in [0.05, 0.1) is 17.0 Å². The van der Waals surface area contributed by atoms with Crippen LogP contribution in [0.4, 0.5) is 4.79 Å². The van der Waals surface area contributed by atoms with Crippen LogP contribution in [0.5, 0.6) is 0 Å². The number of nitrogens with zero attached hydrogens (tertiary/aromatic N) is 3. The molecule has 0 atom stereocenters. The topological polar surface area (TPSA) is 91.3 Å². The zero-order valence-corrected chi connectivity index (χ0v) is 21.4. The second kappa shape index (κ2) is 10.8. The molecule has 0 radical (unpaired) electrons. The molecule has 0 spiro atoms. The molecule has 0 aromatic heterocycles. The van der Waals surface area contributed by atoms with Crippen molar-refractivity contribution in [2.24, 2.45) is 4.99 Å². The van der Waals surface area contributed by atoms with E-state index in [2.05, 4.69) is 10.3 Å². The number of guanidine groups is 1. The normalized spacial score (nSPS) is 18.8. The number of likely N-dealkylation sites (N-methyl/N-ethyl adjacent to an activating group) is 1. The summed E-state index contributed by atoms with van der Waals surface area (Å²) in [6, 6.07) is 0. The Labute approximate surface area is 187 Å². The Morgan fingerprint density at radius 3 is 2.36 bits per heavy atom. The molecule has 1 saturated heterocycles. The SMILES string of the molecule is CCNC(=NCCN(CC)C(=O)OC(C)(C)C)N1CCS(=O)(=O)C(C)(C)C1.I. The number of rotatable bonds is 5. The lowest BCUT2D eigenvalue weighted by molar-refractivity contribution is 0.0266. The van der Waals surface area contributed by atoms with Crippen LogP contribution in [0.3, 0.4) is 0 Å². The molecule has 8 nitrogen and oxygen atoms in total. The smallest absolute Gasteiger partial charge is 0.410 e. The molecule has 0 aliphatic carbocycles. The molecule has 0 saturated carbocycles. The summed E-state index contributed by atoms with van der Waals surface area (Å²) < 4.78 is 29.0. The number of carbonyl (C=O) groups excluding carboxylic acids is 1. The van der Waals surface area contributed by atoms with E-state index in [0.717, 1.165) is 0 Å². The fourth-order valence-corrected chi connectivity index (χ4v) is 4.10. The highest BCUT2D eigenvalue weighted by molar-refractivity contribution is 14.0. The predicted molar refractivity (Wildman–Crippen MR) is 124 cm³/mol. The van der Waals surface area contributed by atoms with Crippen molar-refractivity contribution in [2.45, 2.75) is 58.8 Å². The average Bonchev–Trinajstić information content (AvgIpc) is 2.51. The van der Waals surface area contributed by atoms with E-state index in [9.17, 15) is 13.2 Å². The summed E-state index contributed by atoms with van der Waals surface area (Å²) in [5.41, 5.74) is -0.534. The fourth-order valence-electron chi connectivity index (χ4n) is 2.73. The zero-order valence-electron chi connectivity index (χ0n) is 18.2. The Morgan fingerprint density at radius 1 is 1.29 bits per heavy atom. The molecule has 28 heavy (non-hydrogen) atoms. The van der Waals surface area contributed by atoms with E-state index >= 15 is 0 Å². The number of amides is 1. The highest BCUT2D eigenvalue weighted by Gasteiger charge is 2.40. The predicted octanol–water partition coefficient (Wildman–Crippen LogP) is 2.34. The molecule has 1 fully saturated rings. The minimum absolute atomic E-state index is 0. The summed E-state index contributed by atoms with van der Waals surface area (Å²) in [5.74, 6) is 0.796. The molecule has 166 valence electrons. The Bertz CT molecular complexity index is 644. The van der Waals surface area contributed by atoms with Gasteiger partial charge in [0.15, 0.2) is 15.8 Å². The number of ether oxygens (including phenoxy) is 1. The molecular formula is C18H37IN4O4S. The largest absolute Gasteiger partial charge is 0.444 e. The van der Waals surface area contributed by atoms with E-state index in [1.54, 1.807) is 18.7 Å². The third-order valence-electron chi connectivity index (χ3n) is 4.34. The van der Waals surface area contributed by atoms with Gasteiger partial charge in [0.1, 0.15) is 5.60 Å². The van der Waals surface area contributed by atoms with Crippen LogP contribution < -0.4 is 5.32 Å². The Kier molecular flexibility index (Phi) is 10.5. The summed E-state index contributed by atoms with van der Waals surface area (Å²) in [6.07, 6.45) is -0.351. The maximum atomic E-state index is 12.2. The zero-order chi connectivity index (χ0) is 20.9. The maximum Gasteiger partial charge on any atom is 0.410 e. The summed E-state index contributed by atoms with van der Waals surface area (Å²) in [7, 11) is -3.10. The molecular weight excluding hydrogens is 495 g/mol. The number of hydrogen-bond donors (Lipinski definition) is 1. The lowest BCUT2D eigenvalue weighted by atomic mass is 10.2. The van der Waals surface area contributed by atoms with E-state index in [4.69, 9.17) is 4.74 Å². The van der Waals surface area contributed by atoms with Crippen LogP contribution in [-0.2, 0) is 14.6 Å². The summed E-state index contributed by atoms with van der Waals surface area (Å²) >= 11 is 0. The molecule has 1 heterocycles. The lowest BCUT2D eigenvalue weighted by Gasteiger charge is -2.39. The standard InChI is InChI=1S/C18H36N4O4S.HI/c1-8-19-15(22-12-13-27(24,25)18(6,7)14-22)20-10-11-21(9-2)16(23)26-17(3,4)5;/h8-14H2,1-7H3,(H,19,20);1H. The third-order valence-corrected chi connectivity index (χ3v) is 6.88. The van der Waals surface area contributed by atoms with Crippen molar-refractivity contribution in [3.63, 3.8) is 0 Å². The van der Waals surface area contributed by atoms with Crippen molar-refractivity contribution in [3.8, 4) is 0 Å². The van der Waals surface area contributed by atoms with Gasteiger partial charge in [-0.1, -0.05) is 0 Å². The van der Waals surface area contributed by atoms with E-state index < -0.39 is 20.2 Å². The van der Waals surface area contributed by atoms with Crippen LogP contribution in [0.1, 0.15) is 48.5 Å². The van der Waals surface area contributed by atoms with Crippen molar-refractivity contribution in [3.05, 3.63) is 0 Å². The van der Waals surface area contributed by atoms with Crippen LogP contribution in [0.25, 0.3) is 0 Å². The number of halogens is 1. The van der Waals surface area contributed by atoms with Crippen LogP contribution in [-0.4, -0.2) is 85.6 Å². The van der Waals surface area contributed by atoms with Gasteiger partial charge in [-0.25, -0.2) is 13.2 Å². The van der Waals surface area contributed by atoms with Crippen molar-refractivity contribution in [1.82, 2.24) is 15.1 Å². The van der Waals surface area contributed by atoms with Crippen LogP contribution >= 0.6 is 24.0 Å². The molecule has 1 N–H and O–H groups in total. The third kappa shape index (κ3) is 7.92. The van der Waals surface area contributed by atoms with Crippen LogP contribution in [0, 0.1) is 0 Å². The van der Waals surface area contributed by atoms with Gasteiger partial charge in [-0.3, -0.25) is 4.99 Å². The van der Waals surface area contributed by atoms with Gasteiger partial charge < -0.3 is 19.9 Å². The van der Waals surface area contributed by atoms with E-state index in [-0.39, 0.29) is 35.8 Å². The van der Waals surface area contributed by atoms with Crippen molar-refractivity contribution in [1.29, 1.82) is 0 Å². The minimum atomic E-state index is -3.10. The van der Waals surface area contributed by atoms with Crippen molar-refractivity contribution < 1.29 is 17.9 Å². The summed E-state index contributed by atoms with van der Waals surface area (Å²) in [6.45, 7) is 15.8. The number of hydrogen-bond acceptors (Lipinski definition) is 5. The summed E-state index contributed by atoms with van der Waals surface area (Å²) in [4.78, 5) is 20.4. The van der Waals surface area contributed by atoms with E-state index in [0.29, 0.717) is 45.2 Å². The van der Waals surface area contributed by atoms with Gasteiger partial charge >= 0.3 is 6.09 Å². The minimum Gasteiger partial charge on any atom is -0.444 e. The molecule has 0 bridgehead atoms. The molecule has 10 heteroatoms. The number of carbonyl (C=O) groups is 1. The first-order chi connectivity index (χ1) is 12.3. The quantitative estimate of drug-likeness (QED) is 0.332. The van der Waals surface area contributed by atoms with Gasteiger partial charge in [0, 0.05) is 32.7 Å². The monoisotopic (exact) mass is 532 g/mol. The van der Waals surface area contributed by atoms with Gasteiger partial charge in [0.25, 0.3) is 0 Å². The van der Waals surface area contributed by atoms with Crippen LogP contribution in [0.2, 0.25) is 0 Å². The first-order valence-corrected chi connectivity index (χ1v) is 11.2. The first-order valence-electron chi connectivity index (χ1n) is 9.56. The van der Waals surface area contributed by atoms with Crippen molar-refractivity contribution >= 4 is 45.9 Å². The molecule has 1 aliphatic heterocycles. The number of sulfone groups is 1. The summed E-state index contributed by atoms with van der Waals surface area (Å²) in [5, 5.41) is 3.22. The van der Waals surface area contributed by atoms with Crippen molar-refractivity contribution in [2.75, 3.05) is 45.0 Å². The molecule has 1 aliphatic rings. The Morgan fingerprint density at radius 2 is 1.89 bits per heavy atom. The molecule has 0 aromatic rings. The average molecular weight is 532 g/mol. The van der Waals surface area contributed by atoms with E-state index in [1.165, 1.54) is 0 Å². The van der Waals surface area contributed by atoms with Gasteiger partial charge in [0.2, 0.25) is 0 Å². The molecule has 1 amide bonds. The number of aliphatic imine (C=N–C) groups is 1. The number of nitrogens with one attached hydrogen (secondary N) is 1. The highest BCUT2D eigenvalue weighted by atomic mass is 127. The molecule has 0 aromatic carbocycles. The van der Waals surface area contributed by atoms with Gasteiger partial charge in [-0.15, -0.1) is 24.0 Å². The lowest BCUT2D eigenvalue weighted by Crippen LogP contribution is -2.57. The van der Waals surface area contributed by atoms with E-state index in [1.807, 2.05) is 39.5 Å². The fraction of sp³-hybridized carbons (Fsp3) is 0.889. The first kappa shape index (κ1) is 27.2. The Balaban J connectivity index is 0.00000729. The van der Waals surface area contributed by atoms with Gasteiger partial charge in [-0.05, 0) is 48.5 Å². The Hall–Kier alpha value is -0.780. The maximum absolute atomic E-state index is 12.2. The van der Waals surface area contributed by atoms with Gasteiger partial charge in [-0.2, -0.15) is 0 Å².